The van der Waals surface area contributed by atoms with Crippen molar-refractivity contribution in [3.63, 3.8) is 0 Å². The van der Waals surface area contributed by atoms with Crippen molar-refractivity contribution < 1.29 is 23.5 Å². The van der Waals surface area contributed by atoms with E-state index in [2.05, 4.69) is 5.10 Å². The highest BCUT2D eigenvalue weighted by Crippen LogP contribution is 2.33. The van der Waals surface area contributed by atoms with Crippen LogP contribution in [-0.2, 0) is 14.3 Å². The molecular weight excluding hydrogens is 476 g/mol. The van der Waals surface area contributed by atoms with Crippen LogP contribution >= 0.6 is 22.9 Å². The van der Waals surface area contributed by atoms with Crippen LogP contribution in [-0.4, -0.2) is 35.0 Å². The van der Waals surface area contributed by atoms with E-state index >= 15 is 0 Å². The highest BCUT2D eigenvalue weighted by molar-refractivity contribution is 7.12. The van der Waals surface area contributed by atoms with Gasteiger partial charge in [-0.1, -0.05) is 23.7 Å². The third-order valence-electron chi connectivity index (χ3n) is 5.47. The van der Waals surface area contributed by atoms with Crippen molar-refractivity contribution in [3.05, 3.63) is 80.4 Å². The standard InChI is InChI=1S/C25H23ClN2O5S/c1-15-12-19(16(2)34-15)22(29)9-10-25(31)33-14-24(30)28-21(23-4-3-11-32-23)13-20(27-28)17-5-7-18(26)8-6-17/h3-8,11-12,21H,9-10,13-14H2,1-2H3. The fraction of sp³-hybridized carbons (Fsp3) is 0.280. The Bertz CT molecular complexity index is 1230. The van der Waals surface area contributed by atoms with Gasteiger partial charge < -0.3 is 9.15 Å². The number of aryl methyl sites for hydroxylation is 2. The van der Waals surface area contributed by atoms with Gasteiger partial charge in [0.25, 0.3) is 5.91 Å². The first-order chi connectivity index (χ1) is 16.3. The quantitative estimate of drug-likeness (QED) is 0.302. The van der Waals surface area contributed by atoms with E-state index in [1.807, 2.05) is 32.0 Å². The molecule has 0 saturated carbocycles. The lowest BCUT2D eigenvalue weighted by molar-refractivity contribution is -0.152. The van der Waals surface area contributed by atoms with E-state index in [-0.39, 0.29) is 18.6 Å². The summed E-state index contributed by atoms with van der Waals surface area (Å²) in [5.74, 6) is -0.615. The molecular formula is C25H23ClN2O5S. The van der Waals surface area contributed by atoms with Crippen molar-refractivity contribution in [2.45, 2.75) is 39.2 Å². The molecule has 1 aromatic carbocycles. The zero-order valence-electron chi connectivity index (χ0n) is 18.7. The average molecular weight is 499 g/mol. The fourth-order valence-corrected chi connectivity index (χ4v) is 4.87. The number of hydrazone groups is 1. The molecule has 1 aliphatic rings. The Balaban J connectivity index is 1.37. The summed E-state index contributed by atoms with van der Waals surface area (Å²) in [6.07, 6.45) is 1.91. The molecule has 0 radical (unpaired) electrons. The summed E-state index contributed by atoms with van der Waals surface area (Å²) in [6.45, 7) is 3.34. The van der Waals surface area contributed by atoms with E-state index in [0.717, 1.165) is 15.3 Å². The number of carbonyl (C=O) groups excluding carboxylic acids is 3. The fourth-order valence-electron chi connectivity index (χ4n) is 3.80. The highest BCUT2D eigenvalue weighted by Gasteiger charge is 2.35. The largest absolute Gasteiger partial charge is 0.467 e. The monoisotopic (exact) mass is 498 g/mol. The molecule has 9 heteroatoms. The van der Waals surface area contributed by atoms with Crippen LogP contribution in [0.25, 0.3) is 0 Å². The second-order valence-electron chi connectivity index (χ2n) is 7.94. The number of carbonyl (C=O) groups is 3. The number of ether oxygens (including phenoxy) is 1. The molecule has 176 valence electrons. The lowest BCUT2D eigenvalue weighted by atomic mass is 10.0. The molecule has 0 N–H and O–H groups in total. The zero-order valence-corrected chi connectivity index (χ0v) is 20.3. The molecule has 7 nitrogen and oxygen atoms in total. The van der Waals surface area contributed by atoms with Crippen molar-refractivity contribution in [2.75, 3.05) is 6.61 Å². The summed E-state index contributed by atoms with van der Waals surface area (Å²) >= 11 is 7.52. The third kappa shape index (κ3) is 5.46. The van der Waals surface area contributed by atoms with Crippen LogP contribution in [0.15, 0.2) is 58.2 Å². The van der Waals surface area contributed by atoms with E-state index in [9.17, 15) is 14.4 Å². The molecule has 0 aliphatic carbocycles. The number of amides is 1. The number of benzene rings is 1. The summed E-state index contributed by atoms with van der Waals surface area (Å²) in [4.78, 5) is 39.5. The minimum atomic E-state index is -0.609. The third-order valence-corrected chi connectivity index (χ3v) is 6.69. The lowest BCUT2D eigenvalue weighted by Crippen LogP contribution is -2.31. The van der Waals surface area contributed by atoms with E-state index in [1.54, 1.807) is 35.6 Å². The van der Waals surface area contributed by atoms with Gasteiger partial charge in [0.2, 0.25) is 0 Å². The van der Waals surface area contributed by atoms with Crippen molar-refractivity contribution in [2.24, 2.45) is 5.10 Å². The Labute approximate surface area is 206 Å². The second-order valence-corrected chi connectivity index (χ2v) is 9.83. The number of rotatable bonds is 8. The minimum absolute atomic E-state index is 0.0294. The predicted molar refractivity (Wildman–Crippen MR) is 129 cm³/mol. The van der Waals surface area contributed by atoms with Crippen molar-refractivity contribution in [1.82, 2.24) is 5.01 Å². The molecule has 1 aliphatic heterocycles. The van der Waals surface area contributed by atoms with Crippen LogP contribution in [0.2, 0.25) is 5.02 Å². The number of thiophene rings is 1. The van der Waals surface area contributed by atoms with Crippen LogP contribution in [0, 0.1) is 13.8 Å². The van der Waals surface area contributed by atoms with Gasteiger partial charge in [0.15, 0.2) is 12.4 Å². The zero-order chi connectivity index (χ0) is 24.2. The van der Waals surface area contributed by atoms with Gasteiger partial charge >= 0.3 is 5.97 Å². The Hall–Kier alpha value is -3.23. The minimum Gasteiger partial charge on any atom is -0.467 e. The van der Waals surface area contributed by atoms with Gasteiger partial charge in [-0.3, -0.25) is 14.4 Å². The Morgan fingerprint density at radius 1 is 1.18 bits per heavy atom. The summed E-state index contributed by atoms with van der Waals surface area (Å²) < 4.78 is 10.7. The lowest BCUT2D eigenvalue weighted by Gasteiger charge is -2.19. The van der Waals surface area contributed by atoms with Gasteiger partial charge in [-0.05, 0) is 49.7 Å². The summed E-state index contributed by atoms with van der Waals surface area (Å²) in [6, 6.07) is 12.1. The molecule has 34 heavy (non-hydrogen) atoms. The first-order valence-corrected chi connectivity index (χ1v) is 12.0. The molecule has 3 aromatic rings. The molecule has 0 fully saturated rings. The van der Waals surface area contributed by atoms with Crippen LogP contribution in [0.5, 0.6) is 0 Å². The van der Waals surface area contributed by atoms with Crippen molar-refractivity contribution >= 4 is 46.3 Å². The number of halogens is 1. The molecule has 1 amide bonds. The first kappa shape index (κ1) is 23.9. The SMILES string of the molecule is Cc1cc(C(=O)CCC(=O)OCC(=O)N2N=C(c3ccc(Cl)cc3)CC2c2ccco2)c(C)s1. The highest BCUT2D eigenvalue weighted by atomic mass is 35.5. The van der Waals surface area contributed by atoms with Gasteiger partial charge in [0.1, 0.15) is 11.8 Å². The van der Waals surface area contributed by atoms with Gasteiger partial charge in [0, 0.05) is 33.2 Å². The van der Waals surface area contributed by atoms with E-state index in [1.165, 1.54) is 11.3 Å². The molecule has 4 rings (SSSR count). The van der Waals surface area contributed by atoms with E-state index < -0.39 is 24.5 Å². The molecule has 1 unspecified atom stereocenters. The van der Waals surface area contributed by atoms with Gasteiger partial charge in [-0.15, -0.1) is 11.3 Å². The Morgan fingerprint density at radius 3 is 2.59 bits per heavy atom. The number of ketones is 1. The number of nitrogens with zero attached hydrogens (tertiary/aromatic N) is 2. The number of furan rings is 1. The number of Topliss-reactive ketones (excluding diaryl/α,β-unsaturated/α-hetero) is 1. The number of hydrogen-bond acceptors (Lipinski definition) is 7. The molecule has 3 heterocycles. The molecule has 0 saturated heterocycles. The normalized spacial score (nSPS) is 15.3. The molecule has 2 aromatic heterocycles. The predicted octanol–water partition coefficient (Wildman–Crippen LogP) is 5.50. The van der Waals surface area contributed by atoms with E-state index in [4.69, 9.17) is 20.8 Å². The Kier molecular flexibility index (Phi) is 7.29. The van der Waals surface area contributed by atoms with Gasteiger partial charge in [-0.2, -0.15) is 5.10 Å². The summed E-state index contributed by atoms with van der Waals surface area (Å²) in [5.41, 5.74) is 2.17. The second kappa shape index (κ2) is 10.4. The summed E-state index contributed by atoms with van der Waals surface area (Å²) in [5, 5.41) is 6.38. The smallest absolute Gasteiger partial charge is 0.306 e. The molecule has 1 atom stereocenters. The van der Waals surface area contributed by atoms with E-state index in [0.29, 0.717) is 28.5 Å². The maximum Gasteiger partial charge on any atom is 0.306 e. The van der Waals surface area contributed by atoms with Crippen LogP contribution in [0.3, 0.4) is 0 Å². The first-order valence-electron chi connectivity index (χ1n) is 10.8. The van der Waals surface area contributed by atoms with Crippen molar-refractivity contribution in [1.29, 1.82) is 0 Å². The van der Waals surface area contributed by atoms with Gasteiger partial charge in [-0.25, -0.2) is 5.01 Å². The number of esters is 1. The number of hydrogen-bond donors (Lipinski definition) is 0. The maximum absolute atomic E-state index is 12.9. The summed E-state index contributed by atoms with van der Waals surface area (Å²) in [7, 11) is 0. The van der Waals surface area contributed by atoms with Crippen molar-refractivity contribution in [3.8, 4) is 0 Å². The Morgan fingerprint density at radius 2 is 1.94 bits per heavy atom. The molecule has 0 bridgehead atoms. The van der Waals surface area contributed by atoms with Crippen LogP contribution < -0.4 is 0 Å². The average Bonchev–Trinajstić information content (AvgIpc) is 3.56. The topological polar surface area (TPSA) is 89.2 Å². The maximum atomic E-state index is 12.9. The van der Waals surface area contributed by atoms with Crippen LogP contribution in [0.1, 0.15) is 56.7 Å². The molecule has 0 spiro atoms. The van der Waals surface area contributed by atoms with Crippen LogP contribution in [0.4, 0.5) is 0 Å². The van der Waals surface area contributed by atoms with Gasteiger partial charge in [0.05, 0.1) is 18.4 Å².